The number of rotatable bonds is 3. The van der Waals surface area contributed by atoms with Crippen molar-refractivity contribution in [2.24, 2.45) is 0 Å². The van der Waals surface area contributed by atoms with Gasteiger partial charge >= 0.3 is 12.4 Å². The van der Waals surface area contributed by atoms with E-state index in [-0.39, 0.29) is 33.7 Å². The highest BCUT2D eigenvalue weighted by atomic mass is 19.4. The fourth-order valence-corrected chi connectivity index (χ4v) is 7.16. The highest BCUT2D eigenvalue weighted by Crippen LogP contribution is 2.50. The summed E-state index contributed by atoms with van der Waals surface area (Å²) in [4.78, 5) is 3.54. The number of hydrogen-bond donors (Lipinski definition) is 0. The molecule has 6 aromatic carbocycles. The lowest BCUT2D eigenvalue weighted by Crippen LogP contribution is -2.11. The average Bonchev–Trinajstić information content (AvgIpc) is 3.61. The van der Waals surface area contributed by atoms with Crippen LogP contribution in [0.15, 0.2) is 115 Å². The molecule has 248 valence electrons. The lowest BCUT2D eigenvalue weighted by Gasteiger charge is -2.24. The maximum absolute atomic E-state index is 15.1. The van der Waals surface area contributed by atoms with Gasteiger partial charge in [0.05, 0.1) is 62.8 Å². The largest absolute Gasteiger partial charge is 0.416 e. The molecule has 0 aliphatic heterocycles. The minimum absolute atomic E-state index is 0.00904. The Bertz CT molecular complexity index is 2820. The maximum Gasteiger partial charge on any atom is 0.416 e. The molecule has 8 aromatic rings. The van der Waals surface area contributed by atoms with Crippen LogP contribution in [-0.2, 0) is 12.4 Å². The number of hydrogen-bond acceptors (Lipinski definition) is 1. The third kappa shape index (κ3) is 4.91. The molecule has 0 saturated carbocycles. The van der Waals surface area contributed by atoms with Gasteiger partial charge in [0.25, 0.3) is 0 Å². The van der Waals surface area contributed by atoms with E-state index in [1.165, 1.54) is 28.8 Å². The van der Waals surface area contributed by atoms with Crippen LogP contribution < -0.4 is 0 Å². The van der Waals surface area contributed by atoms with Crippen LogP contribution in [0.1, 0.15) is 22.3 Å². The number of para-hydroxylation sites is 2. The van der Waals surface area contributed by atoms with Gasteiger partial charge in [0.1, 0.15) is 0 Å². The van der Waals surface area contributed by atoms with E-state index in [0.717, 1.165) is 40.6 Å². The molecule has 51 heavy (non-hydrogen) atoms. The van der Waals surface area contributed by atoms with Gasteiger partial charge in [-0.3, -0.25) is 0 Å². The fourth-order valence-electron chi connectivity index (χ4n) is 7.16. The van der Waals surface area contributed by atoms with Gasteiger partial charge in [-0.1, -0.05) is 72.8 Å². The summed E-state index contributed by atoms with van der Waals surface area (Å²) >= 11 is 0. The Labute approximate surface area is 286 Å². The highest BCUT2D eigenvalue weighted by molar-refractivity contribution is 6.12. The van der Waals surface area contributed by atoms with Crippen LogP contribution in [0, 0.1) is 24.8 Å². The van der Waals surface area contributed by atoms with E-state index in [4.69, 9.17) is 6.57 Å². The molecule has 10 heteroatoms. The summed E-state index contributed by atoms with van der Waals surface area (Å²) in [6.45, 7) is 9.90. The third-order valence-corrected chi connectivity index (χ3v) is 9.26. The molecule has 0 saturated heterocycles. The van der Waals surface area contributed by atoms with Crippen molar-refractivity contribution < 1.29 is 26.3 Å². The first kappa shape index (κ1) is 31.7. The van der Waals surface area contributed by atoms with Crippen molar-refractivity contribution in [3.8, 4) is 28.6 Å². The highest BCUT2D eigenvalue weighted by Gasteiger charge is 2.37. The predicted molar refractivity (Wildman–Crippen MR) is 186 cm³/mol. The number of nitriles is 1. The summed E-state index contributed by atoms with van der Waals surface area (Å²) in [5.74, 6) is 0. The summed E-state index contributed by atoms with van der Waals surface area (Å²) < 4.78 is 91.2. The number of alkyl halides is 6. The van der Waals surface area contributed by atoms with Gasteiger partial charge in [-0.05, 0) is 55.0 Å². The number of fused-ring (bicyclic) bond motifs is 6. The number of aryl methyl sites for hydroxylation is 1. The van der Waals surface area contributed by atoms with E-state index < -0.39 is 29.0 Å². The van der Waals surface area contributed by atoms with Crippen LogP contribution in [-0.4, -0.2) is 9.13 Å². The third-order valence-electron chi connectivity index (χ3n) is 9.26. The molecule has 0 bridgehead atoms. The van der Waals surface area contributed by atoms with E-state index in [9.17, 15) is 18.4 Å². The molecule has 0 radical (unpaired) electrons. The Hall–Kier alpha value is -6.52. The van der Waals surface area contributed by atoms with Crippen molar-refractivity contribution in [2.45, 2.75) is 19.3 Å². The van der Waals surface area contributed by atoms with Crippen molar-refractivity contribution in [2.75, 3.05) is 0 Å². The first-order chi connectivity index (χ1) is 24.4. The smallest absolute Gasteiger partial charge is 0.309 e. The molecule has 8 rings (SSSR count). The quantitative estimate of drug-likeness (QED) is 0.135. The normalized spacial score (nSPS) is 12.2. The lowest BCUT2D eigenvalue weighted by atomic mass is 9.92. The molecule has 0 atom stereocenters. The van der Waals surface area contributed by atoms with Crippen molar-refractivity contribution in [1.29, 1.82) is 5.26 Å². The summed E-state index contributed by atoms with van der Waals surface area (Å²) in [7, 11) is 0. The van der Waals surface area contributed by atoms with E-state index in [0.29, 0.717) is 27.3 Å². The zero-order valence-electron chi connectivity index (χ0n) is 26.5. The molecule has 0 aliphatic rings. The van der Waals surface area contributed by atoms with Crippen molar-refractivity contribution in [3.63, 3.8) is 0 Å². The summed E-state index contributed by atoms with van der Waals surface area (Å²) in [5.41, 5.74) is -0.0851. The first-order valence-electron chi connectivity index (χ1n) is 15.7. The monoisotopic (exact) mass is 684 g/mol. The minimum atomic E-state index is -4.93. The SMILES string of the molecule is [C-]#[N+]c1cccc(C(F)(F)F)c1-c1c(-n2c3ccccc3c3ccc(C)cc32)cc(C#N)cc1-n1c2ccccc2c2ccc(C(F)(F)F)cc21. The van der Waals surface area contributed by atoms with Gasteiger partial charge in [0.2, 0.25) is 0 Å². The Kier molecular flexibility index (Phi) is 7.00. The van der Waals surface area contributed by atoms with Crippen molar-refractivity contribution in [1.82, 2.24) is 9.13 Å². The lowest BCUT2D eigenvalue weighted by molar-refractivity contribution is -0.138. The summed E-state index contributed by atoms with van der Waals surface area (Å²) in [6.07, 6.45) is -9.65. The first-order valence-corrected chi connectivity index (χ1v) is 15.7. The zero-order chi connectivity index (χ0) is 35.8. The number of benzene rings is 6. The Morgan fingerprint density at radius 2 is 1.14 bits per heavy atom. The zero-order valence-corrected chi connectivity index (χ0v) is 26.5. The van der Waals surface area contributed by atoms with Crippen LogP contribution in [0.3, 0.4) is 0 Å². The Morgan fingerprint density at radius 3 is 1.69 bits per heavy atom. The Morgan fingerprint density at radius 1 is 0.588 bits per heavy atom. The molecular weight excluding hydrogens is 662 g/mol. The second-order valence-corrected chi connectivity index (χ2v) is 12.3. The molecule has 0 amide bonds. The van der Waals surface area contributed by atoms with E-state index in [2.05, 4.69) is 10.9 Å². The van der Waals surface area contributed by atoms with Gasteiger partial charge in [0, 0.05) is 32.7 Å². The fraction of sp³-hybridized carbons (Fsp3) is 0.0732. The van der Waals surface area contributed by atoms with E-state index in [1.807, 2.05) is 43.3 Å². The molecule has 2 heterocycles. The van der Waals surface area contributed by atoms with Crippen molar-refractivity contribution in [3.05, 3.63) is 149 Å². The summed E-state index contributed by atoms with van der Waals surface area (Å²) in [6, 6.07) is 31.4. The van der Waals surface area contributed by atoms with E-state index in [1.54, 1.807) is 34.9 Å². The van der Waals surface area contributed by atoms with Crippen LogP contribution in [0.5, 0.6) is 0 Å². The van der Waals surface area contributed by atoms with Gasteiger partial charge in [0.15, 0.2) is 5.69 Å². The number of aromatic nitrogens is 2. The topological polar surface area (TPSA) is 38.0 Å². The van der Waals surface area contributed by atoms with Gasteiger partial charge in [-0.15, -0.1) is 0 Å². The number of nitrogens with zero attached hydrogens (tertiary/aromatic N) is 4. The van der Waals surface area contributed by atoms with Crippen LogP contribution in [0.2, 0.25) is 0 Å². The molecule has 2 aromatic heterocycles. The van der Waals surface area contributed by atoms with Gasteiger partial charge in [-0.25, -0.2) is 4.85 Å². The Balaban J connectivity index is 1.67. The second-order valence-electron chi connectivity index (χ2n) is 12.3. The standard InChI is InChI=1S/C41H22F6N4/c1-23-14-16-28-26-8-3-5-12-32(26)50(34(28)18-23)36-19-24(22-48)20-37(39(36)38-30(41(45,46)47)10-7-11-31(38)49-2)51-33-13-6-4-9-27(33)29-17-15-25(21-35(29)51)40(42,43)44/h3-21H,1H3. The molecular formula is C41H22F6N4. The molecule has 0 unspecified atom stereocenters. The number of halogens is 6. The minimum Gasteiger partial charge on any atom is -0.309 e. The molecule has 0 spiro atoms. The van der Waals surface area contributed by atoms with Gasteiger partial charge < -0.3 is 9.13 Å². The maximum atomic E-state index is 15.1. The predicted octanol–water partition coefficient (Wildman–Crippen LogP) is 12.3. The summed E-state index contributed by atoms with van der Waals surface area (Å²) in [5, 5.41) is 13.0. The molecule has 0 N–H and O–H groups in total. The molecule has 0 fully saturated rings. The second kappa shape index (κ2) is 11.3. The van der Waals surface area contributed by atoms with Crippen LogP contribution in [0.25, 0.3) is 71.0 Å². The van der Waals surface area contributed by atoms with E-state index >= 15 is 13.2 Å². The van der Waals surface area contributed by atoms with Gasteiger partial charge in [-0.2, -0.15) is 31.6 Å². The molecule has 4 nitrogen and oxygen atoms in total. The van der Waals surface area contributed by atoms with Crippen molar-refractivity contribution >= 4 is 49.3 Å². The molecule has 0 aliphatic carbocycles. The van der Waals surface area contributed by atoms with Crippen LogP contribution in [0.4, 0.5) is 32.0 Å². The van der Waals surface area contributed by atoms with Crippen LogP contribution >= 0.6 is 0 Å². The average molecular weight is 685 g/mol.